The van der Waals surface area contributed by atoms with Crippen molar-refractivity contribution in [1.29, 1.82) is 0 Å². The van der Waals surface area contributed by atoms with Crippen LogP contribution in [0.4, 0.5) is 5.82 Å². The van der Waals surface area contributed by atoms with Gasteiger partial charge in [-0.1, -0.05) is 13.8 Å². The Morgan fingerprint density at radius 3 is 2.43 bits per heavy atom. The van der Waals surface area contributed by atoms with E-state index in [9.17, 15) is 0 Å². The van der Waals surface area contributed by atoms with Crippen molar-refractivity contribution in [2.75, 3.05) is 5.32 Å². The third kappa shape index (κ3) is 3.25. The molecule has 78 valence electrons. The topological polar surface area (TPSA) is 37.8 Å². The second kappa shape index (κ2) is 4.73. The molecule has 1 heterocycles. The predicted octanol–water partition coefficient (Wildman–Crippen LogP) is 3.00. The maximum Gasteiger partial charge on any atom is 0.131 e. The quantitative estimate of drug-likeness (QED) is 0.847. The number of hydrogen-bond donors (Lipinski definition) is 1. The summed E-state index contributed by atoms with van der Waals surface area (Å²) < 4.78 is 0.823. The summed E-state index contributed by atoms with van der Waals surface area (Å²) in [6.07, 6.45) is 0. The molecule has 0 aliphatic carbocycles. The molecule has 3 nitrogen and oxygen atoms in total. The second-order valence-corrected chi connectivity index (χ2v) is 4.61. The van der Waals surface area contributed by atoms with E-state index in [2.05, 4.69) is 52.0 Å². The van der Waals surface area contributed by atoms with Gasteiger partial charge in [0.1, 0.15) is 16.2 Å². The second-order valence-electron chi connectivity index (χ2n) is 3.80. The van der Waals surface area contributed by atoms with Gasteiger partial charge in [-0.2, -0.15) is 0 Å². The summed E-state index contributed by atoms with van der Waals surface area (Å²) in [6, 6.07) is 2.31. The fourth-order valence-electron chi connectivity index (χ4n) is 1.01. The number of rotatable bonds is 3. The molecule has 0 saturated heterocycles. The minimum atomic E-state index is 0.413. The van der Waals surface area contributed by atoms with Gasteiger partial charge >= 0.3 is 0 Å². The monoisotopic (exact) mass is 257 g/mol. The number of aryl methyl sites for hydroxylation is 1. The van der Waals surface area contributed by atoms with E-state index in [0.717, 1.165) is 16.2 Å². The van der Waals surface area contributed by atoms with E-state index in [-0.39, 0.29) is 0 Å². The zero-order chi connectivity index (χ0) is 10.7. The maximum atomic E-state index is 4.30. The highest BCUT2D eigenvalue weighted by Crippen LogP contribution is 2.14. The van der Waals surface area contributed by atoms with Gasteiger partial charge in [0.25, 0.3) is 0 Å². The van der Waals surface area contributed by atoms with Gasteiger partial charge in [0, 0.05) is 12.1 Å². The molecule has 1 atom stereocenters. The molecule has 0 bridgehead atoms. The van der Waals surface area contributed by atoms with E-state index >= 15 is 0 Å². The highest BCUT2D eigenvalue weighted by atomic mass is 79.9. The molecular formula is C10H16BrN3. The van der Waals surface area contributed by atoms with Crippen LogP contribution >= 0.6 is 15.9 Å². The summed E-state index contributed by atoms with van der Waals surface area (Å²) in [4.78, 5) is 8.46. The van der Waals surface area contributed by atoms with Gasteiger partial charge in [-0.15, -0.1) is 0 Å². The van der Waals surface area contributed by atoms with Crippen LogP contribution in [0.25, 0.3) is 0 Å². The van der Waals surface area contributed by atoms with Gasteiger partial charge in [-0.05, 0) is 35.7 Å². The largest absolute Gasteiger partial charge is 0.367 e. The summed E-state index contributed by atoms with van der Waals surface area (Å²) >= 11 is 3.35. The number of anilines is 1. The standard InChI is InChI=1S/C10H16BrN3/c1-6(2)7(3)12-10-5-9(11)13-8(4)14-10/h5-7H,1-4H3,(H,12,13,14). The Morgan fingerprint density at radius 2 is 1.93 bits per heavy atom. The smallest absolute Gasteiger partial charge is 0.131 e. The molecule has 0 aliphatic heterocycles. The van der Waals surface area contributed by atoms with Gasteiger partial charge < -0.3 is 5.32 Å². The van der Waals surface area contributed by atoms with Gasteiger partial charge in [-0.25, -0.2) is 9.97 Å². The zero-order valence-corrected chi connectivity index (χ0v) is 10.6. The molecule has 1 aromatic rings. The molecule has 1 N–H and O–H groups in total. The van der Waals surface area contributed by atoms with Gasteiger partial charge in [-0.3, -0.25) is 0 Å². The minimum Gasteiger partial charge on any atom is -0.367 e. The van der Waals surface area contributed by atoms with Gasteiger partial charge in [0.15, 0.2) is 0 Å². The Bertz CT molecular complexity index is 292. The zero-order valence-electron chi connectivity index (χ0n) is 9.00. The normalized spacial score (nSPS) is 13.0. The molecule has 1 unspecified atom stereocenters. The van der Waals surface area contributed by atoms with E-state index in [1.807, 2.05) is 13.0 Å². The number of halogens is 1. The Kier molecular flexibility index (Phi) is 3.86. The fourth-order valence-corrected chi connectivity index (χ4v) is 1.48. The molecule has 0 saturated carbocycles. The van der Waals surface area contributed by atoms with Crippen molar-refractivity contribution in [2.45, 2.75) is 33.7 Å². The van der Waals surface area contributed by atoms with Crippen molar-refractivity contribution in [1.82, 2.24) is 9.97 Å². The van der Waals surface area contributed by atoms with Crippen molar-refractivity contribution < 1.29 is 0 Å². The fraction of sp³-hybridized carbons (Fsp3) is 0.600. The summed E-state index contributed by atoms with van der Waals surface area (Å²) in [5.41, 5.74) is 0. The lowest BCUT2D eigenvalue weighted by molar-refractivity contribution is 0.558. The van der Waals surface area contributed by atoms with E-state index in [1.54, 1.807) is 0 Å². The van der Waals surface area contributed by atoms with Gasteiger partial charge in [0.05, 0.1) is 0 Å². The summed E-state index contributed by atoms with van der Waals surface area (Å²) in [7, 11) is 0. The van der Waals surface area contributed by atoms with Crippen molar-refractivity contribution in [3.05, 3.63) is 16.5 Å². The van der Waals surface area contributed by atoms with Crippen LogP contribution in [0.15, 0.2) is 10.7 Å². The SMILES string of the molecule is Cc1nc(Br)cc(NC(C)C(C)C)n1. The summed E-state index contributed by atoms with van der Waals surface area (Å²) in [5.74, 6) is 2.24. The Balaban J connectivity index is 2.76. The lowest BCUT2D eigenvalue weighted by Crippen LogP contribution is -2.22. The molecule has 0 aliphatic rings. The summed E-state index contributed by atoms with van der Waals surface area (Å²) in [5, 5.41) is 3.34. The van der Waals surface area contributed by atoms with Crippen molar-refractivity contribution >= 4 is 21.7 Å². The number of nitrogens with zero attached hydrogens (tertiary/aromatic N) is 2. The molecule has 0 spiro atoms. The predicted molar refractivity (Wildman–Crippen MR) is 62.4 cm³/mol. The highest BCUT2D eigenvalue weighted by Gasteiger charge is 2.08. The van der Waals surface area contributed by atoms with Gasteiger partial charge in [0.2, 0.25) is 0 Å². The molecular weight excluding hydrogens is 242 g/mol. The van der Waals surface area contributed by atoms with E-state index < -0.39 is 0 Å². The first kappa shape index (κ1) is 11.4. The lowest BCUT2D eigenvalue weighted by atomic mass is 10.1. The molecule has 0 radical (unpaired) electrons. The van der Waals surface area contributed by atoms with Crippen molar-refractivity contribution in [2.24, 2.45) is 5.92 Å². The minimum absolute atomic E-state index is 0.413. The average Bonchev–Trinajstić information content (AvgIpc) is 2.01. The number of nitrogens with one attached hydrogen (secondary N) is 1. The molecule has 1 rings (SSSR count). The summed E-state index contributed by atoms with van der Waals surface area (Å²) in [6.45, 7) is 8.40. The first-order valence-corrected chi connectivity index (χ1v) is 5.56. The Hall–Kier alpha value is -0.640. The number of aromatic nitrogens is 2. The molecule has 0 amide bonds. The van der Waals surface area contributed by atoms with Crippen LogP contribution in [0.2, 0.25) is 0 Å². The van der Waals surface area contributed by atoms with Crippen LogP contribution in [0.3, 0.4) is 0 Å². The van der Waals surface area contributed by atoms with E-state index in [4.69, 9.17) is 0 Å². The average molecular weight is 258 g/mol. The molecule has 0 aromatic carbocycles. The van der Waals surface area contributed by atoms with Crippen LogP contribution in [-0.2, 0) is 0 Å². The van der Waals surface area contributed by atoms with Crippen molar-refractivity contribution in [3.8, 4) is 0 Å². The van der Waals surface area contributed by atoms with Crippen LogP contribution in [0.5, 0.6) is 0 Å². The first-order chi connectivity index (χ1) is 6.49. The van der Waals surface area contributed by atoms with Crippen molar-refractivity contribution in [3.63, 3.8) is 0 Å². The Labute approximate surface area is 93.5 Å². The third-order valence-corrected chi connectivity index (χ3v) is 2.59. The first-order valence-electron chi connectivity index (χ1n) is 4.76. The molecule has 4 heteroatoms. The van der Waals surface area contributed by atoms with Crippen LogP contribution < -0.4 is 5.32 Å². The molecule has 0 fully saturated rings. The lowest BCUT2D eigenvalue weighted by Gasteiger charge is -2.18. The van der Waals surface area contributed by atoms with Crippen LogP contribution in [0, 0.1) is 12.8 Å². The molecule has 14 heavy (non-hydrogen) atoms. The van der Waals surface area contributed by atoms with Crippen LogP contribution in [-0.4, -0.2) is 16.0 Å². The Morgan fingerprint density at radius 1 is 1.29 bits per heavy atom. The third-order valence-electron chi connectivity index (χ3n) is 2.18. The maximum absolute atomic E-state index is 4.30. The highest BCUT2D eigenvalue weighted by molar-refractivity contribution is 9.10. The number of hydrogen-bond acceptors (Lipinski definition) is 3. The molecule has 1 aromatic heterocycles. The van der Waals surface area contributed by atoms with E-state index in [1.165, 1.54) is 0 Å². The van der Waals surface area contributed by atoms with Crippen LogP contribution in [0.1, 0.15) is 26.6 Å². The van der Waals surface area contributed by atoms with E-state index in [0.29, 0.717) is 12.0 Å².